The van der Waals surface area contributed by atoms with Gasteiger partial charge in [-0.25, -0.2) is 4.79 Å². The van der Waals surface area contributed by atoms with Crippen molar-refractivity contribution in [1.29, 1.82) is 0 Å². The third kappa shape index (κ3) is 4.50. The van der Waals surface area contributed by atoms with Gasteiger partial charge in [0, 0.05) is 41.4 Å². The molecule has 1 saturated carbocycles. The molecule has 0 bridgehead atoms. The number of nitrogens with one attached hydrogen (secondary N) is 1. The smallest absolute Gasteiger partial charge is 0.337 e. The Kier molecular flexibility index (Phi) is 6.24. The van der Waals surface area contributed by atoms with E-state index in [1.807, 2.05) is 37.3 Å². The van der Waals surface area contributed by atoms with E-state index in [2.05, 4.69) is 5.32 Å². The molecule has 0 aromatic heterocycles. The Hall–Kier alpha value is -3.74. The maximum Gasteiger partial charge on any atom is 0.337 e. The first-order chi connectivity index (χ1) is 16.9. The van der Waals surface area contributed by atoms with Gasteiger partial charge >= 0.3 is 5.97 Å². The number of rotatable bonds is 5. The molecule has 0 saturated heterocycles. The maximum atomic E-state index is 13.6. The van der Waals surface area contributed by atoms with E-state index in [-0.39, 0.29) is 23.5 Å². The Morgan fingerprint density at radius 2 is 1.74 bits per heavy atom. The van der Waals surface area contributed by atoms with Gasteiger partial charge in [-0.05, 0) is 56.1 Å². The normalized spacial score (nSPS) is 22.6. The fourth-order valence-corrected chi connectivity index (χ4v) is 5.64. The zero-order valence-corrected chi connectivity index (χ0v) is 19.7. The first kappa shape index (κ1) is 23.0. The van der Waals surface area contributed by atoms with Gasteiger partial charge in [-0.3, -0.25) is 14.9 Å². The van der Waals surface area contributed by atoms with E-state index in [0.717, 1.165) is 36.9 Å². The lowest BCUT2D eigenvalue weighted by Gasteiger charge is -2.37. The third-order valence-electron chi connectivity index (χ3n) is 7.31. The van der Waals surface area contributed by atoms with Crippen LogP contribution in [0.5, 0.6) is 0 Å². The molecular weight excluding hydrogens is 444 g/mol. The van der Waals surface area contributed by atoms with Crippen LogP contribution in [-0.4, -0.2) is 22.8 Å². The van der Waals surface area contributed by atoms with Crippen LogP contribution >= 0.6 is 0 Å². The van der Waals surface area contributed by atoms with E-state index in [1.54, 1.807) is 12.1 Å². The minimum absolute atomic E-state index is 0.0282. The Labute approximate surface area is 204 Å². The van der Waals surface area contributed by atoms with Gasteiger partial charge in [-0.1, -0.05) is 42.5 Å². The molecule has 3 aliphatic rings. The van der Waals surface area contributed by atoms with Gasteiger partial charge in [0.25, 0.3) is 5.69 Å². The van der Waals surface area contributed by atoms with Crippen molar-refractivity contribution in [1.82, 2.24) is 5.32 Å². The number of nitrogens with zero attached hydrogens (tertiary/aromatic N) is 1. The average Bonchev–Trinajstić information content (AvgIpc) is 3.36. The van der Waals surface area contributed by atoms with Crippen molar-refractivity contribution in [2.45, 2.75) is 63.4 Å². The van der Waals surface area contributed by atoms with Crippen LogP contribution in [0, 0.1) is 10.1 Å². The van der Waals surface area contributed by atoms with Crippen molar-refractivity contribution in [3.63, 3.8) is 0 Å². The van der Waals surface area contributed by atoms with E-state index >= 15 is 0 Å². The third-order valence-corrected chi connectivity index (χ3v) is 7.31. The maximum absolute atomic E-state index is 13.6. The molecule has 0 spiro atoms. The van der Waals surface area contributed by atoms with E-state index in [0.29, 0.717) is 35.2 Å². The lowest BCUT2D eigenvalue weighted by molar-refractivity contribution is -0.384. The van der Waals surface area contributed by atoms with Gasteiger partial charge < -0.3 is 10.1 Å². The number of dihydropyridines is 1. The van der Waals surface area contributed by atoms with E-state index in [1.165, 1.54) is 12.1 Å². The quantitative estimate of drug-likeness (QED) is 0.353. The molecule has 1 aliphatic heterocycles. The summed E-state index contributed by atoms with van der Waals surface area (Å²) in [6, 6.07) is 16.2. The number of carbonyl (C=O) groups excluding carboxylic acids is 2. The molecule has 0 amide bonds. The van der Waals surface area contributed by atoms with Crippen LogP contribution in [0.1, 0.15) is 68.4 Å². The predicted molar refractivity (Wildman–Crippen MR) is 130 cm³/mol. The summed E-state index contributed by atoms with van der Waals surface area (Å²) in [5, 5.41) is 14.8. The Morgan fingerprint density at radius 3 is 2.46 bits per heavy atom. The molecule has 0 unspecified atom stereocenters. The molecule has 7 heteroatoms. The number of carbonyl (C=O) groups is 2. The molecule has 1 fully saturated rings. The Morgan fingerprint density at radius 1 is 1.03 bits per heavy atom. The molecule has 0 radical (unpaired) electrons. The lowest BCUT2D eigenvalue weighted by Crippen LogP contribution is -2.36. The van der Waals surface area contributed by atoms with Crippen LogP contribution in [0.25, 0.3) is 0 Å². The van der Waals surface area contributed by atoms with Crippen LogP contribution in [-0.2, 0) is 14.3 Å². The van der Waals surface area contributed by atoms with E-state index in [9.17, 15) is 19.7 Å². The largest absolute Gasteiger partial charge is 0.459 e. The second kappa shape index (κ2) is 9.49. The summed E-state index contributed by atoms with van der Waals surface area (Å²) in [7, 11) is 0. The van der Waals surface area contributed by atoms with Crippen LogP contribution in [0.2, 0.25) is 0 Å². The molecule has 5 rings (SSSR count). The van der Waals surface area contributed by atoms with Crippen molar-refractivity contribution >= 4 is 17.4 Å². The minimum atomic E-state index is -0.704. The summed E-state index contributed by atoms with van der Waals surface area (Å²) < 4.78 is 5.85. The number of hydrogen-bond donors (Lipinski definition) is 1. The minimum Gasteiger partial charge on any atom is -0.459 e. The van der Waals surface area contributed by atoms with Crippen LogP contribution in [0.4, 0.5) is 5.69 Å². The number of ether oxygens (including phenoxy) is 1. The SMILES string of the molecule is CC1=C(C(=O)OC2CCCC2)[C@@H](c2cccc([N+](=O)[O-])c2)C2=C(C[C@H](c3ccccc3)CC2=O)N1. The standard InChI is InChI=1S/C28H28N2O5/c1-17-25(28(32)35-22-12-5-6-13-22)26(19-10-7-11-21(14-19)30(33)34)27-23(29-17)15-20(16-24(27)31)18-8-3-2-4-9-18/h2-4,7-11,14,20,22,26,29H,5-6,12-13,15-16H2,1H3/t20-,26+/m0/s1. The zero-order chi connectivity index (χ0) is 24.5. The van der Waals surface area contributed by atoms with E-state index < -0.39 is 16.8 Å². The summed E-state index contributed by atoms with van der Waals surface area (Å²) in [5.41, 5.74) is 3.86. The van der Waals surface area contributed by atoms with Gasteiger partial charge in [-0.2, -0.15) is 0 Å². The van der Waals surface area contributed by atoms with Crippen molar-refractivity contribution in [2.75, 3.05) is 0 Å². The number of hydrogen-bond acceptors (Lipinski definition) is 6. The van der Waals surface area contributed by atoms with Gasteiger partial charge in [0.15, 0.2) is 5.78 Å². The summed E-state index contributed by atoms with van der Waals surface area (Å²) in [5.74, 6) is -1.18. The molecule has 2 aromatic carbocycles. The molecule has 2 aliphatic carbocycles. The highest BCUT2D eigenvalue weighted by Gasteiger charge is 2.42. The monoisotopic (exact) mass is 472 g/mol. The van der Waals surface area contributed by atoms with Gasteiger partial charge in [0.05, 0.1) is 10.5 Å². The van der Waals surface area contributed by atoms with Crippen LogP contribution in [0.3, 0.4) is 0 Å². The highest BCUT2D eigenvalue weighted by atomic mass is 16.6. The second-order valence-corrected chi connectivity index (χ2v) is 9.59. The zero-order valence-electron chi connectivity index (χ0n) is 19.7. The topological polar surface area (TPSA) is 98.5 Å². The predicted octanol–water partition coefficient (Wildman–Crippen LogP) is 5.44. The molecule has 2 atom stereocenters. The number of esters is 1. The molecule has 1 heterocycles. The number of non-ortho nitro benzene ring substituents is 1. The van der Waals surface area contributed by atoms with Crippen LogP contribution < -0.4 is 5.32 Å². The molecular formula is C28H28N2O5. The fraction of sp³-hybridized carbons (Fsp3) is 0.357. The second-order valence-electron chi connectivity index (χ2n) is 9.59. The van der Waals surface area contributed by atoms with Crippen molar-refractivity contribution < 1.29 is 19.2 Å². The van der Waals surface area contributed by atoms with Gasteiger partial charge in [-0.15, -0.1) is 0 Å². The lowest BCUT2D eigenvalue weighted by atomic mass is 9.71. The van der Waals surface area contributed by atoms with Crippen LogP contribution in [0.15, 0.2) is 77.1 Å². The van der Waals surface area contributed by atoms with Crippen molar-refractivity contribution in [3.05, 3.63) is 98.4 Å². The molecule has 35 heavy (non-hydrogen) atoms. The number of nitro benzene ring substituents is 1. The van der Waals surface area contributed by atoms with E-state index in [4.69, 9.17) is 4.74 Å². The first-order valence-corrected chi connectivity index (χ1v) is 12.2. The number of benzene rings is 2. The summed E-state index contributed by atoms with van der Waals surface area (Å²) in [6.45, 7) is 1.82. The molecule has 1 N–H and O–H groups in total. The fourth-order valence-electron chi connectivity index (χ4n) is 5.64. The molecule has 2 aromatic rings. The highest BCUT2D eigenvalue weighted by Crippen LogP contribution is 2.46. The Balaban J connectivity index is 1.57. The number of ketones is 1. The highest BCUT2D eigenvalue weighted by molar-refractivity contribution is 6.04. The first-order valence-electron chi connectivity index (χ1n) is 12.2. The van der Waals surface area contributed by atoms with Crippen molar-refractivity contribution in [3.8, 4) is 0 Å². The molecule has 7 nitrogen and oxygen atoms in total. The average molecular weight is 473 g/mol. The van der Waals surface area contributed by atoms with Gasteiger partial charge in [0.2, 0.25) is 0 Å². The number of Topliss-reactive ketones (excluding diaryl/α,β-unsaturated/α-hetero) is 1. The van der Waals surface area contributed by atoms with Gasteiger partial charge in [0.1, 0.15) is 6.10 Å². The number of nitro groups is 1. The molecule has 180 valence electrons. The summed E-state index contributed by atoms with van der Waals surface area (Å²) >= 11 is 0. The summed E-state index contributed by atoms with van der Waals surface area (Å²) in [6.07, 6.45) is 4.53. The number of allylic oxidation sites excluding steroid dienone is 3. The Bertz CT molecular complexity index is 1240. The van der Waals surface area contributed by atoms with Crippen molar-refractivity contribution in [2.24, 2.45) is 0 Å². The summed E-state index contributed by atoms with van der Waals surface area (Å²) in [4.78, 5) is 38.1.